The van der Waals surface area contributed by atoms with Crippen molar-refractivity contribution in [1.82, 2.24) is 14.5 Å². The van der Waals surface area contributed by atoms with Gasteiger partial charge >= 0.3 is 6.18 Å². The number of benzene rings is 1. The summed E-state index contributed by atoms with van der Waals surface area (Å²) in [4.78, 5) is 25.1. The van der Waals surface area contributed by atoms with E-state index in [4.69, 9.17) is 4.99 Å². The van der Waals surface area contributed by atoms with Crippen LogP contribution in [0.3, 0.4) is 0 Å². The molecule has 1 aliphatic rings. The Bertz CT molecular complexity index is 1470. The van der Waals surface area contributed by atoms with Crippen molar-refractivity contribution in [2.75, 3.05) is 0 Å². The largest absolute Gasteiger partial charge is 0.433 e. The number of halogens is 3. The molecule has 0 N–H and O–H groups in total. The standard InChI is InChI=1S/C26H19F3N4O/c1-16-10-20(6-8-30-16)25-22-11-18(3-4-21(22)14-32-25)19-7-9-33(24(34)12-19)15-17-2-5-23(31-13-17)26(27,28)29/h2-13H,14-15H2,1H3. The van der Waals surface area contributed by atoms with E-state index in [1.165, 1.54) is 16.7 Å². The maximum absolute atomic E-state index is 12.7. The minimum Gasteiger partial charge on any atom is -0.311 e. The van der Waals surface area contributed by atoms with Crippen LogP contribution in [0.5, 0.6) is 0 Å². The Morgan fingerprint density at radius 3 is 2.47 bits per heavy atom. The van der Waals surface area contributed by atoms with E-state index in [-0.39, 0.29) is 12.1 Å². The topological polar surface area (TPSA) is 60.1 Å². The summed E-state index contributed by atoms with van der Waals surface area (Å²) in [6.07, 6.45) is 0.0592. The van der Waals surface area contributed by atoms with E-state index in [0.29, 0.717) is 12.1 Å². The lowest BCUT2D eigenvalue weighted by Crippen LogP contribution is -2.19. The van der Waals surface area contributed by atoms with Crippen LogP contribution in [0.25, 0.3) is 11.1 Å². The van der Waals surface area contributed by atoms with Crippen LogP contribution in [0.2, 0.25) is 0 Å². The minimum absolute atomic E-state index is 0.132. The highest BCUT2D eigenvalue weighted by atomic mass is 19.4. The van der Waals surface area contributed by atoms with Crippen LogP contribution in [0.15, 0.2) is 83.0 Å². The molecule has 1 aromatic carbocycles. The van der Waals surface area contributed by atoms with Crippen LogP contribution in [-0.2, 0) is 19.3 Å². The molecule has 0 aliphatic carbocycles. The van der Waals surface area contributed by atoms with Crippen LogP contribution in [0, 0.1) is 6.92 Å². The van der Waals surface area contributed by atoms with E-state index in [9.17, 15) is 18.0 Å². The minimum atomic E-state index is -4.49. The van der Waals surface area contributed by atoms with Crippen LogP contribution >= 0.6 is 0 Å². The molecule has 170 valence electrons. The van der Waals surface area contributed by atoms with Gasteiger partial charge in [0, 0.05) is 41.5 Å². The van der Waals surface area contributed by atoms with Gasteiger partial charge < -0.3 is 4.57 Å². The van der Waals surface area contributed by atoms with Gasteiger partial charge in [-0.25, -0.2) is 0 Å². The highest BCUT2D eigenvalue weighted by Crippen LogP contribution is 2.29. The van der Waals surface area contributed by atoms with E-state index < -0.39 is 11.9 Å². The maximum Gasteiger partial charge on any atom is 0.433 e. The normalized spacial score (nSPS) is 13.0. The lowest BCUT2D eigenvalue weighted by Gasteiger charge is -2.11. The summed E-state index contributed by atoms with van der Waals surface area (Å²) >= 11 is 0. The molecule has 4 aromatic rings. The van der Waals surface area contributed by atoms with Crippen molar-refractivity contribution in [3.05, 3.63) is 117 Å². The highest BCUT2D eigenvalue weighted by molar-refractivity contribution is 6.15. The molecule has 0 amide bonds. The van der Waals surface area contributed by atoms with Gasteiger partial charge in [0.25, 0.3) is 5.56 Å². The fourth-order valence-corrected chi connectivity index (χ4v) is 4.00. The van der Waals surface area contributed by atoms with Crippen LogP contribution in [0.1, 0.15) is 33.6 Å². The summed E-state index contributed by atoms with van der Waals surface area (Å²) in [5, 5.41) is 0. The first-order valence-corrected chi connectivity index (χ1v) is 10.6. The molecule has 0 fully saturated rings. The van der Waals surface area contributed by atoms with Crippen molar-refractivity contribution in [3.8, 4) is 11.1 Å². The van der Waals surface area contributed by atoms with Crippen molar-refractivity contribution in [1.29, 1.82) is 0 Å². The quantitative estimate of drug-likeness (QED) is 0.429. The predicted octanol–water partition coefficient (Wildman–Crippen LogP) is 5.03. The van der Waals surface area contributed by atoms with E-state index in [1.54, 1.807) is 12.4 Å². The van der Waals surface area contributed by atoms with Gasteiger partial charge in [0.05, 0.1) is 18.8 Å². The average Bonchev–Trinajstić information content (AvgIpc) is 3.23. The van der Waals surface area contributed by atoms with Gasteiger partial charge in [0.1, 0.15) is 5.69 Å². The van der Waals surface area contributed by atoms with Gasteiger partial charge in [-0.3, -0.25) is 19.8 Å². The zero-order valence-corrected chi connectivity index (χ0v) is 18.2. The molecule has 0 saturated heterocycles. The second-order valence-corrected chi connectivity index (χ2v) is 8.15. The zero-order chi connectivity index (χ0) is 23.9. The number of pyridine rings is 3. The molecule has 4 heterocycles. The Morgan fingerprint density at radius 2 is 1.76 bits per heavy atom. The highest BCUT2D eigenvalue weighted by Gasteiger charge is 2.32. The monoisotopic (exact) mass is 460 g/mol. The van der Waals surface area contributed by atoms with Crippen molar-refractivity contribution in [2.24, 2.45) is 4.99 Å². The number of aryl methyl sites for hydroxylation is 1. The second kappa shape index (κ2) is 8.37. The number of hydrogen-bond donors (Lipinski definition) is 0. The number of fused-ring (bicyclic) bond motifs is 1. The Labute approximate surface area is 193 Å². The smallest absolute Gasteiger partial charge is 0.311 e. The molecular weight excluding hydrogens is 441 g/mol. The summed E-state index contributed by atoms with van der Waals surface area (Å²) < 4.78 is 39.6. The summed E-state index contributed by atoms with van der Waals surface area (Å²) in [5.41, 5.74) is 5.92. The number of alkyl halides is 3. The van der Waals surface area contributed by atoms with Gasteiger partial charge in [-0.05, 0) is 59.5 Å². The summed E-state index contributed by atoms with van der Waals surface area (Å²) in [5.74, 6) is 0. The first-order chi connectivity index (χ1) is 16.3. The molecule has 0 spiro atoms. The predicted molar refractivity (Wildman–Crippen MR) is 123 cm³/mol. The summed E-state index contributed by atoms with van der Waals surface area (Å²) in [6, 6.07) is 15.6. The van der Waals surface area contributed by atoms with Crippen molar-refractivity contribution in [3.63, 3.8) is 0 Å². The Hall–Kier alpha value is -4.07. The maximum atomic E-state index is 12.7. The van der Waals surface area contributed by atoms with Crippen LogP contribution < -0.4 is 5.56 Å². The molecule has 0 atom stereocenters. The molecule has 0 bridgehead atoms. The molecule has 8 heteroatoms. The molecule has 34 heavy (non-hydrogen) atoms. The van der Waals surface area contributed by atoms with Crippen LogP contribution in [0.4, 0.5) is 13.2 Å². The zero-order valence-electron chi connectivity index (χ0n) is 18.2. The molecular formula is C26H19F3N4O. The third-order valence-electron chi connectivity index (χ3n) is 5.74. The van der Waals surface area contributed by atoms with E-state index >= 15 is 0 Å². The van der Waals surface area contributed by atoms with Gasteiger partial charge in [-0.15, -0.1) is 0 Å². The first-order valence-electron chi connectivity index (χ1n) is 10.6. The van der Waals surface area contributed by atoms with E-state index in [0.717, 1.165) is 51.5 Å². The van der Waals surface area contributed by atoms with Crippen molar-refractivity contribution >= 4 is 5.71 Å². The van der Waals surface area contributed by atoms with Crippen LogP contribution in [-0.4, -0.2) is 20.2 Å². The molecule has 0 saturated carbocycles. The fraction of sp³-hybridized carbons (Fsp3) is 0.154. The van der Waals surface area contributed by atoms with Gasteiger partial charge in [-0.2, -0.15) is 13.2 Å². The molecule has 5 nitrogen and oxygen atoms in total. The number of nitrogens with zero attached hydrogens (tertiary/aromatic N) is 4. The average molecular weight is 460 g/mol. The number of aromatic nitrogens is 3. The summed E-state index contributed by atoms with van der Waals surface area (Å²) in [6.45, 7) is 2.67. The van der Waals surface area contributed by atoms with Crippen molar-refractivity contribution < 1.29 is 13.2 Å². The molecule has 0 unspecified atom stereocenters. The third-order valence-corrected chi connectivity index (χ3v) is 5.74. The number of rotatable bonds is 4. The van der Waals surface area contributed by atoms with Gasteiger partial charge in [0.2, 0.25) is 0 Å². The van der Waals surface area contributed by atoms with E-state index in [1.807, 2.05) is 43.3 Å². The number of hydrogen-bond acceptors (Lipinski definition) is 4. The molecule has 5 rings (SSSR count). The first kappa shape index (κ1) is 21.8. The molecule has 1 aliphatic heterocycles. The Morgan fingerprint density at radius 1 is 0.941 bits per heavy atom. The van der Waals surface area contributed by atoms with E-state index in [2.05, 4.69) is 9.97 Å². The second-order valence-electron chi connectivity index (χ2n) is 8.15. The lowest BCUT2D eigenvalue weighted by atomic mass is 9.96. The number of aliphatic imine (C=N–C) groups is 1. The Kier molecular flexibility index (Phi) is 5.36. The molecule has 3 aromatic heterocycles. The van der Waals surface area contributed by atoms with Crippen molar-refractivity contribution in [2.45, 2.75) is 26.2 Å². The fourth-order valence-electron chi connectivity index (χ4n) is 4.00. The Balaban J connectivity index is 1.41. The van der Waals surface area contributed by atoms with Gasteiger partial charge in [0.15, 0.2) is 0 Å². The van der Waals surface area contributed by atoms with Gasteiger partial charge in [-0.1, -0.05) is 18.2 Å². The third kappa shape index (κ3) is 4.26. The summed E-state index contributed by atoms with van der Waals surface area (Å²) in [7, 11) is 0. The SMILES string of the molecule is Cc1cc(C2=NCc3ccc(-c4ccn(Cc5ccc(C(F)(F)F)nc5)c(=O)c4)cc32)ccn1. The molecule has 0 radical (unpaired) electrons. The lowest BCUT2D eigenvalue weighted by molar-refractivity contribution is -0.141.